The lowest BCUT2D eigenvalue weighted by molar-refractivity contribution is -0.137. The largest absolute Gasteiger partial charge is 0.491 e. The van der Waals surface area contributed by atoms with E-state index in [0.717, 1.165) is 51.2 Å². The van der Waals surface area contributed by atoms with Gasteiger partial charge in [-0.3, -0.25) is 4.99 Å². The number of likely N-dealkylation sites (tertiary alicyclic amines) is 1. The molecule has 0 aliphatic carbocycles. The van der Waals surface area contributed by atoms with Crippen molar-refractivity contribution in [2.45, 2.75) is 38.1 Å². The molecule has 1 aliphatic heterocycles. The van der Waals surface area contributed by atoms with Gasteiger partial charge < -0.3 is 30.1 Å². The monoisotopic (exact) mass is 574 g/mol. The van der Waals surface area contributed by atoms with Crippen LogP contribution in [0.5, 0.6) is 5.75 Å². The van der Waals surface area contributed by atoms with Crippen LogP contribution < -0.4 is 15.4 Å². The molecule has 0 aromatic heterocycles. The first kappa shape index (κ1) is 28.7. The zero-order chi connectivity index (χ0) is 22.7. The molecule has 0 saturated carbocycles. The van der Waals surface area contributed by atoms with E-state index < -0.39 is 17.8 Å². The summed E-state index contributed by atoms with van der Waals surface area (Å²) in [6, 6.07) is 4.69. The molecule has 1 atom stereocenters. The van der Waals surface area contributed by atoms with Crippen molar-refractivity contribution in [3.05, 3.63) is 29.8 Å². The van der Waals surface area contributed by atoms with Crippen LogP contribution in [0.1, 0.15) is 25.3 Å². The number of halogens is 4. The quantitative estimate of drug-likeness (QED) is 0.227. The van der Waals surface area contributed by atoms with Gasteiger partial charge >= 0.3 is 6.18 Å². The minimum atomic E-state index is -4.39. The summed E-state index contributed by atoms with van der Waals surface area (Å²) in [4.78, 5) is 6.79. The van der Waals surface area contributed by atoms with Gasteiger partial charge in [0.15, 0.2) is 5.96 Å². The maximum atomic E-state index is 12.6. The second-order valence-corrected chi connectivity index (χ2v) is 7.46. The summed E-state index contributed by atoms with van der Waals surface area (Å²) in [7, 11) is 1.70. The molecule has 0 radical (unpaired) electrons. The minimum Gasteiger partial charge on any atom is -0.491 e. The molecule has 1 unspecified atom stereocenters. The van der Waals surface area contributed by atoms with Crippen LogP contribution in [-0.4, -0.2) is 81.2 Å². The first-order valence-electron chi connectivity index (χ1n) is 10.6. The zero-order valence-electron chi connectivity index (χ0n) is 18.5. The topological polar surface area (TPSA) is 78.4 Å². The first-order chi connectivity index (χ1) is 14.8. The summed E-state index contributed by atoms with van der Waals surface area (Å²) < 4.78 is 48.3. The lowest BCUT2D eigenvalue weighted by Crippen LogP contribution is -2.49. The van der Waals surface area contributed by atoms with Crippen LogP contribution >= 0.6 is 24.0 Å². The second-order valence-electron chi connectivity index (χ2n) is 7.46. The number of guanidine groups is 1. The van der Waals surface area contributed by atoms with E-state index in [1.165, 1.54) is 12.1 Å². The molecule has 7 nitrogen and oxygen atoms in total. The fraction of sp³-hybridized carbons (Fsp3) is 0.667. The van der Waals surface area contributed by atoms with Crippen LogP contribution in [0.4, 0.5) is 13.2 Å². The molecule has 0 bridgehead atoms. The van der Waals surface area contributed by atoms with Crippen molar-refractivity contribution in [3.8, 4) is 5.75 Å². The number of alkyl halides is 3. The Morgan fingerprint density at radius 3 is 2.47 bits per heavy atom. The molecule has 1 aliphatic rings. The standard InChI is InChI=1S/C21H33F3N4O3.HI/c1-3-25-20(27-17-8-10-28(11-9-17)12-13-30-2)26-14-18(29)15-31-19-6-4-16(5-7-19)21(22,23)24;/h4-7,17-18,29H,3,8-15H2,1-2H3,(H2,25,26,27);1H. The van der Waals surface area contributed by atoms with Gasteiger partial charge in [-0.1, -0.05) is 0 Å². The summed E-state index contributed by atoms with van der Waals surface area (Å²) in [6.45, 7) is 6.35. The number of rotatable bonds is 10. The van der Waals surface area contributed by atoms with Gasteiger partial charge in [0.05, 0.1) is 18.7 Å². The predicted octanol–water partition coefficient (Wildman–Crippen LogP) is 2.73. The molecule has 1 fully saturated rings. The number of aliphatic hydroxyl groups excluding tert-OH is 1. The van der Waals surface area contributed by atoms with E-state index in [1.54, 1.807) is 7.11 Å². The van der Waals surface area contributed by atoms with E-state index in [4.69, 9.17) is 9.47 Å². The van der Waals surface area contributed by atoms with Gasteiger partial charge in [-0.15, -0.1) is 24.0 Å². The average molecular weight is 574 g/mol. The molecule has 11 heteroatoms. The molecule has 0 amide bonds. The third-order valence-corrected chi connectivity index (χ3v) is 4.97. The Balaban J connectivity index is 0.00000512. The number of ether oxygens (including phenoxy) is 2. The Bertz CT molecular complexity index is 669. The van der Waals surface area contributed by atoms with Crippen molar-refractivity contribution in [1.82, 2.24) is 15.5 Å². The van der Waals surface area contributed by atoms with Crippen LogP contribution in [0.25, 0.3) is 0 Å². The number of nitrogens with zero attached hydrogens (tertiary/aromatic N) is 2. The zero-order valence-corrected chi connectivity index (χ0v) is 20.9. The smallest absolute Gasteiger partial charge is 0.416 e. The summed E-state index contributed by atoms with van der Waals surface area (Å²) in [5, 5.41) is 16.7. The van der Waals surface area contributed by atoms with Gasteiger partial charge in [0.2, 0.25) is 0 Å². The average Bonchev–Trinajstić information content (AvgIpc) is 2.75. The summed E-state index contributed by atoms with van der Waals surface area (Å²) in [5.41, 5.74) is -0.740. The highest BCUT2D eigenvalue weighted by Gasteiger charge is 2.30. The number of nitrogens with one attached hydrogen (secondary N) is 2. The molecule has 1 saturated heterocycles. The maximum Gasteiger partial charge on any atom is 0.416 e. The third kappa shape index (κ3) is 10.5. The molecule has 184 valence electrons. The van der Waals surface area contributed by atoms with Gasteiger partial charge in [0.25, 0.3) is 0 Å². The van der Waals surface area contributed by atoms with Crippen LogP contribution in [0.2, 0.25) is 0 Å². The van der Waals surface area contributed by atoms with Crippen molar-refractivity contribution in [2.75, 3.05) is 53.0 Å². The lowest BCUT2D eigenvalue weighted by Gasteiger charge is -2.32. The SMILES string of the molecule is CCNC(=NCC(O)COc1ccc(C(F)(F)F)cc1)NC1CCN(CCOC)CC1.I. The van der Waals surface area contributed by atoms with Crippen molar-refractivity contribution < 1.29 is 27.8 Å². The fourth-order valence-corrected chi connectivity index (χ4v) is 3.22. The highest BCUT2D eigenvalue weighted by Crippen LogP contribution is 2.30. The van der Waals surface area contributed by atoms with Gasteiger partial charge in [0.1, 0.15) is 18.5 Å². The fourth-order valence-electron chi connectivity index (χ4n) is 3.22. The van der Waals surface area contributed by atoms with Crippen molar-refractivity contribution in [1.29, 1.82) is 0 Å². The van der Waals surface area contributed by atoms with E-state index in [-0.39, 0.29) is 42.9 Å². The van der Waals surface area contributed by atoms with E-state index in [0.29, 0.717) is 18.5 Å². The maximum absolute atomic E-state index is 12.6. The minimum absolute atomic E-state index is 0. The summed E-state index contributed by atoms with van der Waals surface area (Å²) >= 11 is 0. The number of hydrogen-bond donors (Lipinski definition) is 3. The Morgan fingerprint density at radius 2 is 1.91 bits per heavy atom. The van der Waals surface area contributed by atoms with E-state index in [2.05, 4.69) is 20.5 Å². The number of aliphatic imine (C=N–C) groups is 1. The van der Waals surface area contributed by atoms with Crippen molar-refractivity contribution >= 4 is 29.9 Å². The second kappa shape index (κ2) is 14.8. The highest BCUT2D eigenvalue weighted by molar-refractivity contribution is 14.0. The number of aliphatic hydroxyl groups is 1. The molecule has 2 rings (SSSR count). The van der Waals surface area contributed by atoms with Gasteiger partial charge in [-0.2, -0.15) is 13.2 Å². The van der Waals surface area contributed by atoms with Gasteiger partial charge in [0, 0.05) is 39.3 Å². The molecule has 32 heavy (non-hydrogen) atoms. The molecular weight excluding hydrogens is 540 g/mol. The lowest BCUT2D eigenvalue weighted by atomic mass is 10.1. The predicted molar refractivity (Wildman–Crippen MR) is 129 cm³/mol. The van der Waals surface area contributed by atoms with Gasteiger partial charge in [-0.25, -0.2) is 0 Å². The van der Waals surface area contributed by atoms with Crippen LogP contribution in [0.15, 0.2) is 29.3 Å². The Hall–Kier alpha value is -1.31. The summed E-state index contributed by atoms with van der Waals surface area (Å²) in [5.74, 6) is 0.896. The Labute approximate surface area is 204 Å². The van der Waals surface area contributed by atoms with E-state index in [1.807, 2.05) is 6.92 Å². The molecule has 3 N–H and O–H groups in total. The Morgan fingerprint density at radius 1 is 1.25 bits per heavy atom. The number of hydrogen-bond acceptors (Lipinski definition) is 5. The normalized spacial score (nSPS) is 16.9. The molecule has 1 heterocycles. The third-order valence-electron chi connectivity index (χ3n) is 4.97. The number of piperidine rings is 1. The number of methoxy groups -OCH3 is 1. The highest BCUT2D eigenvalue weighted by atomic mass is 127. The molecule has 1 aromatic rings. The molecule has 1 aromatic carbocycles. The first-order valence-corrected chi connectivity index (χ1v) is 10.6. The Kier molecular flexibility index (Phi) is 13.2. The molecular formula is C21H34F3IN4O3. The van der Waals surface area contributed by atoms with Crippen molar-refractivity contribution in [3.63, 3.8) is 0 Å². The summed E-state index contributed by atoms with van der Waals surface area (Å²) in [6.07, 6.45) is -3.28. The number of benzene rings is 1. The molecule has 0 spiro atoms. The van der Waals surface area contributed by atoms with Gasteiger partial charge in [-0.05, 0) is 44.0 Å². The van der Waals surface area contributed by atoms with E-state index in [9.17, 15) is 18.3 Å². The van der Waals surface area contributed by atoms with Crippen LogP contribution in [-0.2, 0) is 10.9 Å². The van der Waals surface area contributed by atoms with Crippen LogP contribution in [0.3, 0.4) is 0 Å². The van der Waals surface area contributed by atoms with Crippen molar-refractivity contribution in [2.24, 2.45) is 4.99 Å². The van der Waals surface area contributed by atoms with Crippen LogP contribution in [0, 0.1) is 0 Å². The van der Waals surface area contributed by atoms with E-state index >= 15 is 0 Å².